The Morgan fingerprint density at radius 3 is 3.27 bits per heavy atom. The number of morpholine rings is 1. The lowest BCUT2D eigenvalue weighted by Gasteiger charge is -2.22. The first kappa shape index (κ1) is 7.28. The van der Waals surface area contributed by atoms with Gasteiger partial charge in [0.15, 0.2) is 0 Å². The van der Waals surface area contributed by atoms with Crippen LogP contribution in [0, 0.1) is 0 Å². The molecule has 3 heteroatoms. The van der Waals surface area contributed by atoms with E-state index in [-0.39, 0.29) is 6.10 Å². The molecule has 2 heterocycles. The first-order valence-electron chi connectivity index (χ1n) is 3.81. The molecule has 0 aromatic carbocycles. The second-order valence-electron chi connectivity index (χ2n) is 2.62. The van der Waals surface area contributed by atoms with E-state index < -0.39 is 0 Å². The monoisotopic (exact) mass is 169 g/mol. The van der Waals surface area contributed by atoms with Crippen molar-refractivity contribution in [2.75, 3.05) is 19.7 Å². The lowest BCUT2D eigenvalue weighted by molar-refractivity contribution is 0.0279. The predicted molar refractivity (Wildman–Crippen MR) is 45.9 cm³/mol. The van der Waals surface area contributed by atoms with Crippen molar-refractivity contribution >= 4 is 11.3 Å². The van der Waals surface area contributed by atoms with Crippen LogP contribution in [0.5, 0.6) is 0 Å². The minimum Gasteiger partial charge on any atom is -0.371 e. The number of rotatable bonds is 1. The van der Waals surface area contributed by atoms with E-state index in [1.807, 2.05) is 0 Å². The SMILES string of the molecule is c1cc([C@H]2CNCCO2)cs1. The van der Waals surface area contributed by atoms with Crippen molar-refractivity contribution in [3.05, 3.63) is 22.4 Å². The van der Waals surface area contributed by atoms with Gasteiger partial charge < -0.3 is 10.1 Å². The van der Waals surface area contributed by atoms with E-state index in [4.69, 9.17) is 4.74 Å². The van der Waals surface area contributed by atoms with E-state index in [1.165, 1.54) is 5.56 Å². The first-order chi connectivity index (χ1) is 5.47. The molecular formula is C8H11NOS. The Hall–Kier alpha value is -0.380. The molecule has 2 rings (SSSR count). The molecule has 1 aromatic rings. The Labute approximate surface area is 70.2 Å². The van der Waals surface area contributed by atoms with Crippen LogP contribution in [0.25, 0.3) is 0 Å². The summed E-state index contributed by atoms with van der Waals surface area (Å²) < 4.78 is 5.57. The molecule has 1 saturated heterocycles. The highest BCUT2D eigenvalue weighted by molar-refractivity contribution is 7.07. The van der Waals surface area contributed by atoms with Crippen LogP contribution < -0.4 is 5.32 Å². The minimum absolute atomic E-state index is 0.287. The summed E-state index contributed by atoms with van der Waals surface area (Å²) in [4.78, 5) is 0. The van der Waals surface area contributed by atoms with Crippen molar-refractivity contribution in [1.82, 2.24) is 5.32 Å². The van der Waals surface area contributed by atoms with Crippen molar-refractivity contribution in [1.29, 1.82) is 0 Å². The largest absolute Gasteiger partial charge is 0.371 e. The molecule has 1 aliphatic rings. The fraction of sp³-hybridized carbons (Fsp3) is 0.500. The van der Waals surface area contributed by atoms with Crippen molar-refractivity contribution in [2.24, 2.45) is 0 Å². The maximum Gasteiger partial charge on any atom is 0.0957 e. The Morgan fingerprint density at radius 2 is 2.64 bits per heavy atom. The number of thiophene rings is 1. The number of ether oxygens (including phenoxy) is 1. The van der Waals surface area contributed by atoms with E-state index in [0.717, 1.165) is 19.7 Å². The molecule has 0 unspecified atom stereocenters. The fourth-order valence-electron chi connectivity index (χ4n) is 1.24. The van der Waals surface area contributed by atoms with Crippen molar-refractivity contribution in [3.8, 4) is 0 Å². The summed E-state index contributed by atoms with van der Waals surface area (Å²) >= 11 is 1.73. The van der Waals surface area contributed by atoms with Gasteiger partial charge in [0.1, 0.15) is 0 Å². The van der Waals surface area contributed by atoms with Crippen LogP contribution in [0.4, 0.5) is 0 Å². The third-order valence-electron chi connectivity index (χ3n) is 1.84. The molecule has 0 spiro atoms. The maximum atomic E-state index is 5.57. The molecule has 11 heavy (non-hydrogen) atoms. The Balaban J connectivity index is 2.04. The zero-order chi connectivity index (χ0) is 7.52. The summed E-state index contributed by atoms with van der Waals surface area (Å²) in [5, 5.41) is 7.54. The Bertz CT molecular complexity index is 204. The van der Waals surface area contributed by atoms with Gasteiger partial charge in [-0.25, -0.2) is 0 Å². The predicted octanol–water partition coefficient (Wildman–Crippen LogP) is 1.41. The van der Waals surface area contributed by atoms with Crippen LogP contribution in [0.1, 0.15) is 11.7 Å². The molecule has 0 radical (unpaired) electrons. The number of nitrogens with one attached hydrogen (secondary N) is 1. The zero-order valence-corrected chi connectivity index (χ0v) is 7.06. The van der Waals surface area contributed by atoms with Gasteiger partial charge in [0, 0.05) is 13.1 Å². The first-order valence-corrected chi connectivity index (χ1v) is 4.75. The van der Waals surface area contributed by atoms with Crippen LogP contribution in [0.3, 0.4) is 0 Å². The summed E-state index contributed by atoms with van der Waals surface area (Å²) in [5.41, 5.74) is 1.31. The van der Waals surface area contributed by atoms with Gasteiger partial charge in [-0.05, 0) is 22.4 Å². The summed E-state index contributed by atoms with van der Waals surface area (Å²) in [6.45, 7) is 2.78. The van der Waals surface area contributed by atoms with Crippen molar-refractivity contribution in [2.45, 2.75) is 6.10 Å². The van der Waals surface area contributed by atoms with E-state index in [9.17, 15) is 0 Å². The van der Waals surface area contributed by atoms with Crippen LogP contribution in [-0.2, 0) is 4.74 Å². The molecule has 0 amide bonds. The van der Waals surface area contributed by atoms with Crippen molar-refractivity contribution < 1.29 is 4.74 Å². The third kappa shape index (κ3) is 1.61. The van der Waals surface area contributed by atoms with Crippen molar-refractivity contribution in [3.63, 3.8) is 0 Å². The molecule has 0 aliphatic carbocycles. The molecular weight excluding hydrogens is 158 g/mol. The second kappa shape index (κ2) is 3.34. The van der Waals surface area contributed by atoms with E-state index >= 15 is 0 Å². The average Bonchev–Trinajstić information content (AvgIpc) is 2.58. The summed E-state index contributed by atoms with van der Waals surface area (Å²) in [6, 6.07) is 2.13. The zero-order valence-electron chi connectivity index (χ0n) is 6.25. The van der Waals surface area contributed by atoms with Gasteiger partial charge in [-0.3, -0.25) is 0 Å². The maximum absolute atomic E-state index is 5.57. The average molecular weight is 169 g/mol. The summed E-state index contributed by atoms with van der Waals surface area (Å²) in [7, 11) is 0. The van der Waals surface area contributed by atoms with Gasteiger partial charge in [-0.2, -0.15) is 11.3 Å². The highest BCUT2D eigenvalue weighted by Gasteiger charge is 2.14. The summed E-state index contributed by atoms with van der Waals surface area (Å²) in [5.74, 6) is 0. The van der Waals surface area contributed by atoms with Gasteiger partial charge >= 0.3 is 0 Å². The molecule has 1 fully saturated rings. The highest BCUT2D eigenvalue weighted by Crippen LogP contribution is 2.20. The van der Waals surface area contributed by atoms with E-state index in [0.29, 0.717) is 0 Å². The van der Waals surface area contributed by atoms with Gasteiger partial charge in [0.2, 0.25) is 0 Å². The Morgan fingerprint density at radius 1 is 1.64 bits per heavy atom. The molecule has 60 valence electrons. The normalized spacial score (nSPS) is 25.3. The highest BCUT2D eigenvalue weighted by atomic mass is 32.1. The van der Waals surface area contributed by atoms with Crippen LogP contribution in [0.2, 0.25) is 0 Å². The molecule has 0 bridgehead atoms. The molecule has 1 aromatic heterocycles. The van der Waals surface area contributed by atoms with Crippen LogP contribution in [-0.4, -0.2) is 19.7 Å². The van der Waals surface area contributed by atoms with Gasteiger partial charge in [0.25, 0.3) is 0 Å². The van der Waals surface area contributed by atoms with E-state index in [2.05, 4.69) is 22.1 Å². The summed E-state index contributed by atoms with van der Waals surface area (Å²) in [6.07, 6.45) is 0.287. The number of hydrogen-bond acceptors (Lipinski definition) is 3. The molecule has 1 atom stereocenters. The molecule has 1 N–H and O–H groups in total. The Kier molecular flexibility index (Phi) is 2.21. The second-order valence-corrected chi connectivity index (χ2v) is 3.40. The molecule has 0 saturated carbocycles. The lowest BCUT2D eigenvalue weighted by Crippen LogP contribution is -2.33. The lowest BCUT2D eigenvalue weighted by atomic mass is 10.2. The van der Waals surface area contributed by atoms with Gasteiger partial charge in [-0.1, -0.05) is 0 Å². The number of hydrogen-bond donors (Lipinski definition) is 1. The minimum atomic E-state index is 0.287. The van der Waals surface area contributed by atoms with Gasteiger partial charge in [0.05, 0.1) is 12.7 Å². The van der Waals surface area contributed by atoms with Crippen LogP contribution in [0.15, 0.2) is 16.8 Å². The topological polar surface area (TPSA) is 21.3 Å². The quantitative estimate of drug-likeness (QED) is 0.686. The third-order valence-corrected chi connectivity index (χ3v) is 2.54. The van der Waals surface area contributed by atoms with Crippen LogP contribution >= 0.6 is 11.3 Å². The smallest absolute Gasteiger partial charge is 0.0957 e. The molecule has 1 aliphatic heterocycles. The van der Waals surface area contributed by atoms with E-state index in [1.54, 1.807) is 11.3 Å². The standard InChI is InChI=1S/C8H11NOS/c1-4-11-6-7(1)8-5-9-2-3-10-8/h1,4,6,8-9H,2-3,5H2/t8-/m1/s1. The molecule has 2 nitrogen and oxygen atoms in total. The van der Waals surface area contributed by atoms with Gasteiger partial charge in [-0.15, -0.1) is 0 Å². The fourth-order valence-corrected chi connectivity index (χ4v) is 1.94.